The van der Waals surface area contributed by atoms with Gasteiger partial charge in [-0.1, -0.05) is 6.07 Å². The molecule has 0 spiro atoms. The maximum Gasteiger partial charge on any atom is 0.201 e. The predicted octanol–water partition coefficient (Wildman–Crippen LogP) is 2.75. The van der Waals surface area contributed by atoms with Crippen LogP contribution < -0.4 is 15.2 Å². The summed E-state index contributed by atoms with van der Waals surface area (Å²) in [5, 5.41) is 2.05. The number of aromatic nitrogens is 2. The molecule has 5 nitrogen and oxygen atoms in total. The van der Waals surface area contributed by atoms with Crippen molar-refractivity contribution in [1.82, 2.24) is 9.55 Å². The quantitative estimate of drug-likeness (QED) is 0.802. The van der Waals surface area contributed by atoms with Crippen LogP contribution >= 0.6 is 11.3 Å². The largest absolute Gasteiger partial charge is 0.493 e. The van der Waals surface area contributed by atoms with E-state index in [9.17, 15) is 0 Å². The van der Waals surface area contributed by atoms with Gasteiger partial charge in [-0.25, -0.2) is 4.98 Å². The minimum absolute atomic E-state index is 0.490. The first kappa shape index (κ1) is 12.8. The van der Waals surface area contributed by atoms with Crippen LogP contribution in [0.4, 0.5) is 5.95 Å². The molecule has 2 heterocycles. The number of hydrogen-bond acceptors (Lipinski definition) is 5. The number of nitrogens with zero attached hydrogens (tertiary/aromatic N) is 2. The molecule has 2 aromatic heterocycles. The number of nitrogen functional groups attached to an aromatic ring is 1. The number of benzene rings is 1. The van der Waals surface area contributed by atoms with Crippen molar-refractivity contribution in [2.75, 3.05) is 20.0 Å². The van der Waals surface area contributed by atoms with Crippen molar-refractivity contribution in [2.45, 2.75) is 6.54 Å². The molecule has 1 aromatic carbocycles. The number of fused-ring (bicyclic) bond motifs is 1. The zero-order valence-electron chi connectivity index (χ0n) is 11.3. The van der Waals surface area contributed by atoms with Gasteiger partial charge in [0, 0.05) is 17.0 Å². The van der Waals surface area contributed by atoms with Crippen LogP contribution in [0.2, 0.25) is 0 Å². The molecule has 0 aliphatic heterocycles. The Kier molecular flexibility index (Phi) is 3.23. The molecule has 6 heteroatoms. The minimum atomic E-state index is 0.490. The van der Waals surface area contributed by atoms with E-state index in [0.717, 1.165) is 11.0 Å². The van der Waals surface area contributed by atoms with Crippen LogP contribution in [0.3, 0.4) is 0 Å². The van der Waals surface area contributed by atoms with Gasteiger partial charge in [-0.3, -0.25) is 0 Å². The fourth-order valence-electron chi connectivity index (χ4n) is 2.19. The Morgan fingerprint density at radius 2 is 2.00 bits per heavy atom. The van der Waals surface area contributed by atoms with Gasteiger partial charge in [0.25, 0.3) is 0 Å². The first-order valence-corrected chi connectivity index (χ1v) is 7.01. The molecule has 0 aliphatic carbocycles. The van der Waals surface area contributed by atoms with E-state index in [2.05, 4.69) is 11.1 Å². The summed E-state index contributed by atoms with van der Waals surface area (Å²) in [6, 6.07) is 7.86. The van der Waals surface area contributed by atoms with E-state index in [1.165, 1.54) is 4.88 Å². The molecular weight excluding hydrogens is 274 g/mol. The van der Waals surface area contributed by atoms with E-state index in [0.29, 0.717) is 24.0 Å². The number of methoxy groups -OCH3 is 2. The number of anilines is 1. The summed E-state index contributed by atoms with van der Waals surface area (Å²) in [5.41, 5.74) is 7.77. The van der Waals surface area contributed by atoms with Gasteiger partial charge in [0.2, 0.25) is 5.95 Å². The zero-order chi connectivity index (χ0) is 14.1. The number of rotatable bonds is 4. The van der Waals surface area contributed by atoms with Crippen LogP contribution in [0.15, 0.2) is 29.6 Å². The molecule has 0 aliphatic rings. The summed E-state index contributed by atoms with van der Waals surface area (Å²) in [5.74, 6) is 1.82. The smallest absolute Gasteiger partial charge is 0.201 e. The molecule has 0 radical (unpaired) electrons. The topological polar surface area (TPSA) is 62.3 Å². The second-order valence-corrected chi connectivity index (χ2v) is 5.36. The van der Waals surface area contributed by atoms with Crippen molar-refractivity contribution in [3.05, 3.63) is 34.5 Å². The predicted molar refractivity (Wildman–Crippen MR) is 80.7 cm³/mol. The maximum absolute atomic E-state index is 6.03. The van der Waals surface area contributed by atoms with E-state index >= 15 is 0 Å². The van der Waals surface area contributed by atoms with E-state index in [-0.39, 0.29) is 0 Å². The third-order valence-electron chi connectivity index (χ3n) is 3.18. The van der Waals surface area contributed by atoms with Gasteiger partial charge in [-0.05, 0) is 11.4 Å². The van der Waals surface area contributed by atoms with E-state index < -0.39 is 0 Å². The summed E-state index contributed by atoms with van der Waals surface area (Å²) < 4.78 is 12.6. The minimum Gasteiger partial charge on any atom is -0.493 e. The molecule has 20 heavy (non-hydrogen) atoms. The van der Waals surface area contributed by atoms with E-state index in [1.807, 2.05) is 28.1 Å². The molecule has 0 saturated carbocycles. The van der Waals surface area contributed by atoms with Gasteiger partial charge >= 0.3 is 0 Å². The Hall–Kier alpha value is -2.21. The lowest BCUT2D eigenvalue weighted by Gasteiger charge is -2.09. The first-order valence-electron chi connectivity index (χ1n) is 6.13. The SMILES string of the molecule is COc1cc2nc(N)n(Cc3cccs3)c2cc1OC. The summed E-state index contributed by atoms with van der Waals surface area (Å²) >= 11 is 1.70. The highest BCUT2D eigenvalue weighted by Crippen LogP contribution is 2.33. The average molecular weight is 289 g/mol. The molecular formula is C14H15N3O2S. The number of hydrogen-bond donors (Lipinski definition) is 1. The zero-order valence-corrected chi connectivity index (χ0v) is 12.1. The Morgan fingerprint density at radius 1 is 1.25 bits per heavy atom. The van der Waals surface area contributed by atoms with Crippen molar-refractivity contribution in [3.8, 4) is 11.5 Å². The van der Waals surface area contributed by atoms with Crippen molar-refractivity contribution in [3.63, 3.8) is 0 Å². The van der Waals surface area contributed by atoms with Gasteiger partial charge in [0.05, 0.1) is 31.8 Å². The third-order valence-corrected chi connectivity index (χ3v) is 4.04. The summed E-state index contributed by atoms with van der Waals surface area (Å²) in [7, 11) is 3.22. The van der Waals surface area contributed by atoms with Gasteiger partial charge in [0.15, 0.2) is 11.5 Å². The van der Waals surface area contributed by atoms with Gasteiger partial charge in [-0.15, -0.1) is 11.3 Å². The Balaban J connectivity index is 2.14. The van der Waals surface area contributed by atoms with Gasteiger partial charge in [-0.2, -0.15) is 0 Å². The lowest BCUT2D eigenvalue weighted by Crippen LogP contribution is -2.03. The Labute approximate surface area is 120 Å². The fraction of sp³-hybridized carbons (Fsp3) is 0.214. The molecule has 104 valence electrons. The second-order valence-electron chi connectivity index (χ2n) is 4.33. The first-order chi connectivity index (χ1) is 9.72. The standard InChI is InChI=1S/C14H15N3O2S/c1-18-12-6-10-11(7-13(12)19-2)17(14(15)16-10)8-9-4-3-5-20-9/h3-7H,8H2,1-2H3,(H2,15,16). The lowest BCUT2D eigenvalue weighted by atomic mass is 10.2. The number of ether oxygens (including phenoxy) is 2. The molecule has 0 unspecified atom stereocenters. The van der Waals surface area contributed by atoms with Crippen molar-refractivity contribution in [1.29, 1.82) is 0 Å². The van der Waals surface area contributed by atoms with Gasteiger partial charge < -0.3 is 19.8 Å². The lowest BCUT2D eigenvalue weighted by molar-refractivity contribution is 0.355. The van der Waals surface area contributed by atoms with Gasteiger partial charge in [0.1, 0.15) is 0 Å². The van der Waals surface area contributed by atoms with Crippen molar-refractivity contribution < 1.29 is 9.47 Å². The Bertz CT molecular complexity index is 735. The second kappa shape index (κ2) is 5.05. The maximum atomic E-state index is 6.03. The molecule has 0 atom stereocenters. The van der Waals surface area contributed by atoms with E-state index in [1.54, 1.807) is 25.6 Å². The highest BCUT2D eigenvalue weighted by molar-refractivity contribution is 7.09. The molecule has 2 N–H and O–H groups in total. The highest BCUT2D eigenvalue weighted by atomic mass is 32.1. The summed E-state index contributed by atoms with van der Waals surface area (Å²) in [4.78, 5) is 5.62. The monoisotopic (exact) mass is 289 g/mol. The van der Waals surface area contributed by atoms with Crippen LogP contribution in [0, 0.1) is 0 Å². The third kappa shape index (κ3) is 2.08. The highest BCUT2D eigenvalue weighted by Gasteiger charge is 2.14. The molecule has 0 bridgehead atoms. The van der Waals surface area contributed by atoms with Crippen LogP contribution in [-0.4, -0.2) is 23.8 Å². The van der Waals surface area contributed by atoms with E-state index in [4.69, 9.17) is 15.2 Å². The number of nitrogens with two attached hydrogens (primary N) is 1. The molecule has 3 aromatic rings. The summed E-state index contributed by atoms with van der Waals surface area (Å²) in [6.07, 6.45) is 0. The number of thiophene rings is 1. The van der Waals surface area contributed by atoms with Crippen molar-refractivity contribution in [2.24, 2.45) is 0 Å². The molecule has 0 fully saturated rings. The molecule has 0 amide bonds. The molecule has 0 saturated heterocycles. The summed E-state index contributed by atoms with van der Waals surface area (Å²) in [6.45, 7) is 0.704. The normalized spacial score (nSPS) is 10.9. The van der Waals surface area contributed by atoms with Crippen LogP contribution in [0.5, 0.6) is 11.5 Å². The number of imidazole rings is 1. The molecule has 3 rings (SSSR count). The van der Waals surface area contributed by atoms with Crippen LogP contribution in [0.1, 0.15) is 4.88 Å². The Morgan fingerprint density at radius 3 is 2.65 bits per heavy atom. The van der Waals surface area contributed by atoms with Crippen LogP contribution in [0.25, 0.3) is 11.0 Å². The van der Waals surface area contributed by atoms with Crippen molar-refractivity contribution >= 4 is 28.3 Å². The average Bonchev–Trinajstić information content (AvgIpc) is 3.06. The fourth-order valence-corrected chi connectivity index (χ4v) is 2.89. The van der Waals surface area contributed by atoms with Crippen LogP contribution in [-0.2, 0) is 6.54 Å².